The summed E-state index contributed by atoms with van der Waals surface area (Å²) in [5.41, 5.74) is 0.197. The second-order valence-corrected chi connectivity index (χ2v) is 9.74. The minimum absolute atomic E-state index is 0.0432. The van der Waals surface area contributed by atoms with Gasteiger partial charge in [0.05, 0.1) is 50.8 Å². The average Bonchev–Trinajstić information content (AvgIpc) is 2.61. The van der Waals surface area contributed by atoms with Crippen LogP contribution in [0.2, 0.25) is 5.02 Å². The predicted octanol–water partition coefficient (Wildman–Crippen LogP) is 0.859. The van der Waals surface area contributed by atoms with Gasteiger partial charge < -0.3 is 9.80 Å². The van der Waals surface area contributed by atoms with Gasteiger partial charge in [0.15, 0.2) is 15.5 Å². The molecule has 0 aliphatic carbocycles. The zero-order valence-electron chi connectivity index (χ0n) is 13.5. The Kier molecular flexibility index (Phi) is 4.02. The quantitative estimate of drug-likeness (QED) is 0.501. The molecule has 0 radical (unpaired) electrons. The van der Waals surface area contributed by atoms with E-state index in [1.807, 2.05) is 11.9 Å². The number of rotatable bonds is 0. The Balaban J connectivity index is 2.19. The van der Waals surface area contributed by atoms with Crippen molar-refractivity contribution in [1.82, 2.24) is 17.6 Å². The molecule has 0 N–H and O–H groups in total. The number of pyridine rings is 1. The van der Waals surface area contributed by atoms with Gasteiger partial charge in [-0.05, 0) is 14.0 Å². The van der Waals surface area contributed by atoms with Crippen LogP contribution in [0.15, 0.2) is 9.69 Å². The van der Waals surface area contributed by atoms with Crippen LogP contribution in [0.4, 0.5) is 5.82 Å². The first-order chi connectivity index (χ1) is 11.7. The Morgan fingerprint density at radius 3 is 2.72 bits per heavy atom. The number of likely N-dealkylation sites (N-methyl/N-ethyl adjacent to an activating group) is 1. The van der Waals surface area contributed by atoms with E-state index in [0.29, 0.717) is 30.0 Å². The first-order valence-corrected chi connectivity index (χ1v) is 10.7. The molecule has 4 rings (SSSR count). The van der Waals surface area contributed by atoms with Crippen molar-refractivity contribution in [2.24, 2.45) is 0 Å². The highest BCUT2D eigenvalue weighted by atomic mass is 127. The normalized spacial score (nSPS) is 22.7. The zero-order valence-corrected chi connectivity index (χ0v) is 17.3. The van der Waals surface area contributed by atoms with Crippen LogP contribution in [0.3, 0.4) is 0 Å². The van der Waals surface area contributed by atoms with Gasteiger partial charge in [-0.2, -0.15) is 4.98 Å². The fourth-order valence-electron chi connectivity index (χ4n) is 3.53. The molecule has 11 heteroatoms. The van der Waals surface area contributed by atoms with Gasteiger partial charge in [0, 0.05) is 19.6 Å². The fraction of sp³-hybridized carbons (Fsp3) is 0.500. The van der Waals surface area contributed by atoms with E-state index in [0.717, 1.165) is 6.54 Å². The maximum absolute atomic E-state index is 13.1. The van der Waals surface area contributed by atoms with Crippen molar-refractivity contribution in [3.05, 3.63) is 21.2 Å². The van der Waals surface area contributed by atoms with Crippen molar-refractivity contribution >= 4 is 61.2 Å². The Labute approximate surface area is 163 Å². The lowest BCUT2D eigenvalue weighted by Crippen LogP contribution is -2.54. The minimum Gasteiger partial charge on any atom is -0.349 e. The summed E-state index contributed by atoms with van der Waals surface area (Å²) in [5, 5.41) is 0.454. The Bertz CT molecular complexity index is 1070. The van der Waals surface area contributed by atoms with Gasteiger partial charge in [0.1, 0.15) is 10.7 Å². The number of piperazine rings is 1. The molecule has 134 valence electrons. The van der Waals surface area contributed by atoms with E-state index < -0.39 is 15.5 Å². The van der Waals surface area contributed by atoms with E-state index in [9.17, 15) is 13.2 Å². The van der Waals surface area contributed by atoms with Crippen molar-refractivity contribution in [3.63, 3.8) is 0 Å². The third-order valence-electron chi connectivity index (χ3n) is 4.70. The first-order valence-electron chi connectivity index (χ1n) is 7.67. The molecule has 25 heavy (non-hydrogen) atoms. The molecule has 0 bridgehead atoms. The predicted molar refractivity (Wildman–Crippen MR) is 104 cm³/mol. The topological polar surface area (TPSA) is 88.4 Å². The van der Waals surface area contributed by atoms with Crippen LogP contribution < -0.4 is 10.6 Å². The van der Waals surface area contributed by atoms with E-state index in [2.05, 4.69) is 14.9 Å². The van der Waals surface area contributed by atoms with Crippen LogP contribution in [-0.4, -0.2) is 64.5 Å². The molecule has 4 heterocycles. The number of aryl methyl sites for hydroxylation is 1. The Morgan fingerprint density at radius 2 is 2.00 bits per heavy atom. The monoisotopic (exact) mass is 495 g/mol. The van der Waals surface area contributed by atoms with Crippen molar-refractivity contribution < 1.29 is 8.42 Å². The smallest absolute Gasteiger partial charge is 0.349 e. The molecule has 1 fully saturated rings. The Morgan fingerprint density at radius 1 is 1.28 bits per heavy atom. The second kappa shape index (κ2) is 5.76. The number of fused-ring (bicyclic) bond motifs is 2. The molecule has 0 amide bonds. The third-order valence-corrected chi connectivity index (χ3v) is 8.00. The fourth-order valence-corrected chi connectivity index (χ4v) is 6.35. The SMILES string of the molecule is Cc1nc2c3c(nc(=O)n2I)N2CCN(C)CC2CS(=O)(=O)c3c1Cl. The molecule has 0 aromatic carbocycles. The molecular weight excluding hydrogens is 481 g/mol. The van der Waals surface area contributed by atoms with Gasteiger partial charge in [0.2, 0.25) is 0 Å². The van der Waals surface area contributed by atoms with E-state index in [-0.39, 0.29) is 27.4 Å². The molecule has 2 aromatic heterocycles. The molecule has 0 spiro atoms. The lowest BCUT2D eigenvalue weighted by molar-refractivity contribution is 0.276. The number of nitrogens with zero attached hydrogens (tertiary/aromatic N) is 5. The van der Waals surface area contributed by atoms with E-state index >= 15 is 0 Å². The number of anilines is 1. The van der Waals surface area contributed by atoms with Gasteiger partial charge in [-0.25, -0.2) is 21.0 Å². The number of sulfone groups is 1. The summed E-state index contributed by atoms with van der Waals surface area (Å²) in [6.07, 6.45) is 0. The van der Waals surface area contributed by atoms with Crippen LogP contribution in [0.5, 0.6) is 0 Å². The van der Waals surface area contributed by atoms with Crippen LogP contribution >= 0.6 is 34.5 Å². The van der Waals surface area contributed by atoms with Crippen LogP contribution in [0, 0.1) is 6.92 Å². The summed E-state index contributed by atoms with van der Waals surface area (Å²) in [7, 11) is -1.71. The lowest BCUT2D eigenvalue weighted by atomic mass is 10.1. The van der Waals surface area contributed by atoms with E-state index in [1.54, 1.807) is 29.8 Å². The van der Waals surface area contributed by atoms with Gasteiger partial charge in [-0.1, -0.05) is 11.6 Å². The zero-order chi connectivity index (χ0) is 18.1. The minimum atomic E-state index is -3.66. The van der Waals surface area contributed by atoms with Crippen molar-refractivity contribution in [2.45, 2.75) is 17.9 Å². The highest BCUT2D eigenvalue weighted by Crippen LogP contribution is 2.40. The molecule has 1 unspecified atom stereocenters. The summed E-state index contributed by atoms with van der Waals surface area (Å²) < 4.78 is 27.5. The van der Waals surface area contributed by atoms with Crippen molar-refractivity contribution in [1.29, 1.82) is 0 Å². The highest BCUT2D eigenvalue weighted by Gasteiger charge is 2.39. The summed E-state index contributed by atoms with van der Waals surface area (Å²) in [6, 6.07) is -0.285. The molecule has 1 atom stereocenters. The molecule has 2 aliphatic rings. The van der Waals surface area contributed by atoms with Gasteiger partial charge in [-0.3, -0.25) is 0 Å². The molecule has 0 saturated carbocycles. The molecule has 2 aromatic rings. The average molecular weight is 496 g/mol. The summed E-state index contributed by atoms with van der Waals surface area (Å²) in [4.78, 5) is 24.9. The number of halogens is 2. The van der Waals surface area contributed by atoms with E-state index in [4.69, 9.17) is 11.6 Å². The molecular formula is C14H15ClIN5O3S. The maximum Gasteiger partial charge on any atom is 0.360 e. The molecule has 8 nitrogen and oxygen atoms in total. The standard InChI is InChI=1S/C14H15ClIN5O3S/c1-7-10(15)11-9-12(18-14(22)21(16)13(9)17-7)20-4-3-19(2)5-8(20)6-25(11,23)24/h8H,3-6H2,1-2H3. The highest BCUT2D eigenvalue weighted by molar-refractivity contribution is 14.1. The van der Waals surface area contributed by atoms with Crippen LogP contribution in [0.1, 0.15) is 5.69 Å². The maximum atomic E-state index is 13.1. The summed E-state index contributed by atoms with van der Waals surface area (Å²) >= 11 is 8.16. The first kappa shape index (κ1) is 17.4. The number of hydrogen-bond donors (Lipinski definition) is 0. The van der Waals surface area contributed by atoms with Crippen LogP contribution in [0.25, 0.3) is 11.0 Å². The Hall–Kier alpha value is -0.980. The molecule has 1 saturated heterocycles. The third kappa shape index (κ3) is 2.56. The number of aromatic nitrogens is 3. The second-order valence-electron chi connectivity index (χ2n) is 6.43. The molecule has 2 aliphatic heterocycles. The van der Waals surface area contributed by atoms with Gasteiger partial charge in [0.25, 0.3) is 0 Å². The van der Waals surface area contributed by atoms with Crippen LogP contribution in [-0.2, 0) is 9.84 Å². The van der Waals surface area contributed by atoms with Gasteiger partial charge in [-0.15, -0.1) is 0 Å². The van der Waals surface area contributed by atoms with Crippen molar-refractivity contribution in [3.8, 4) is 0 Å². The van der Waals surface area contributed by atoms with E-state index in [1.165, 1.54) is 2.78 Å². The lowest BCUT2D eigenvalue weighted by Gasteiger charge is -2.39. The van der Waals surface area contributed by atoms with Gasteiger partial charge >= 0.3 is 5.69 Å². The summed E-state index contributed by atoms with van der Waals surface area (Å²) in [5.74, 6) is 0.304. The largest absolute Gasteiger partial charge is 0.360 e. The van der Waals surface area contributed by atoms with Crippen molar-refractivity contribution in [2.75, 3.05) is 37.3 Å². The number of hydrogen-bond acceptors (Lipinski definition) is 7. The summed E-state index contributed by atoms with van der Waals surface area (Å²) in [6.45, 7) is 3.57.